The van der Waals surface area contributed by atoms with Crippen LogP contribution < -0.4 is 9.80 Å². The molecule has 2 fully saturated rings. The van der Waals surface area contributed by atoms with Crippen molar-refractivity contribution in [3.8, 4) is 11.4 Å². The number of imidazole rings is 1. The van der Waals surface area contributed by atoms with Crippen molar-refractivity contribution in [1.29, 1.82) is 0 Å². The van der Waals surface area contributed by atoms with Crippen LogP contribution in [0.5, 0.6) is 0 Å². The van der Waals surface area contributed by atoms with E-state index in [4.69, 9.17) is 4.98 Å². The van der Waals surface area contributed by atoms with Crippen LogP contribution in [0.1, 0.15) is 42.9 Å². The summed E-state index contributed by atoms with van der Waals surface area (Å²) in [6.07, 6.45) is -3.33. The van der Waals surface area contributed by atoms with Gasteiger partial charge in [0.2, 0.25) is 0 Å². The van der Waals surface area contributed by atoms with Crippen LogP contribution in [0, 0.1) is 0 Å². The quantitative estimate of drug-likeness (QED) is 0.252. The molecule has 1 saturated carbocycles. The van der Waals surface area contributed by atoms with Gasteiger partial charge in [-0.2, -0.15) is 26.3 Å². The van der Waals surface area contributed by atoms with E-state index in [1.807, 2.05) is 4.90 Å². The van der Waals surface area contributed by atoms with Crippen LogP contribution in [0.25, 0.3) is 22.6 Å². The monoisotopic (exact) mass is 560 g/mol. The van der Waals surface area contributed by atoms with Crippen LogP contribution in [0.4, 0.5) is 37.8 Å². The van der Waals surface area contributed by atoms with E-state index in [1.165, 1.54) is 30.6 Å². The Morgan fingerprint density at radius 3 is 1.80 bits per heavy atom. The molecule has 0 amide bonds. The van der Waals surface area contributed by atoms with Gasteiger partial charge >= 0.3 is 12.4 Å². The molecule has 2 aromatic heterocycles. The van der Waals surface area contributed by atoms with E-state index in [2.05, 4.69) is 19.4 Å². The highest BCUT2D eigenvalue weighted by Gasteiger charge is 2.32. The fraction of sp³-hybridized carbons (Fsp3) is 0.393. The van der Waals surface area contributed by atoms with Crippen LogP contribution in [-0.2, 0) is 12.4 Å². The summed E-state index contributed by atoms with van der Waals surface area (Å²) in [7, 11) is 0. The maximum Gasteiger partial charge on any atom is 0.416 e. The summed E-state index contributed by atoms with van der Waals surface area (Å²) in [6.45, 7) is 2.29. The lowest BCUT2D eigenvalue weighted by Crippen LogP contribution is -2.47. The van der Waals surface area contributed by atoms with Crippen LogP contribution in [-0.4, -0.2) is 45.7 Å². The van der Waals surface area contributed by atoms with Crippen molar-refractivity contribution in [2.75, 3.05) is 36.0 Å². The van der Waals surface area contributed by atoms with Gasteiger partial charge < -0.3 is 14.4 Å². The van der Waals surface area contributed by atoms with Gasteiger partial charge in [0.15, 0.2) is 17.0 Å². The van der Waals surface area contributed by atoms with Gasteiger partial charge in [-0.05, 0) is 49.2 Å². The molecule has 1 aliphatic carbocycles. The van der Waals surface area contributed by atoms with Crippen LogP contribution in [0.2, 0.25) is 0 Å². The predicted octanol–water partition coefficient (Wildman–Crippen LogP) is 6.97. The molecule has 40 heavy (non-hydrogen) atoms. The molecule has 1 saturated heterocycles. The number of aromatic nitrogens is 4. The molecule has 0 N–H and O–H groups in total. The highest BCUT2D eigenvalue weighted by molar-refractivity contribution is 5.87. The average molecular weight is 561 g/mol. The molecule has 2 aromatic carbocycles. The number of rotatable bonds is 4. The SMILES string of the molecule is FC(F)(F)c1ccc(-c2nc3c(N4CCN(c5ccc(C(F)(F)F)cc5)CC4)ncnc3n2C2CCCC2)cc1. The first kappa shape index (κ1) is 26.4. The smallest absolute Gasteiger partial charge is 0.368 e. The largest absolute Gasteiger partial charge is 0.416 e. The number of fused-ring (bicyclic) bond motifs is 1. The molecule has 0 radical (unpaired) electrons. The molecule has 0 unspecified atom stereocenters. The third kappa shape index (κ3) is 4.95. The second kappa shape index (κ2) is 9.97. The Hall–Kier alpha value is -3.83. The Morgan fingerprint density at radius 2 is 1.23 bits per heavy atom. The summed E-state index contributed by atoms with van der Waals surface area (Å²) < 4.78 is 80.4. The van der Waals surface area contributed by atoms with Gasteiger partial charge in [0, 0.05) is 43.5 Å². The first-order valence-corrected chi connectivity index (χ1v) is 13.2. The number of hydrogen-bond acceptors (Lipinski definition) is 5. The van der Waals surface area contributed by atoms with Gasteiger partial charge in [0.1, 0.15) is 12.2 Å². The number of hydrogen-bond donors (Lipinski definition) is 0. The van der Waals surface area contributed by atoms with E-state index < -0.39 is 23.5 Å². The Balaban J connectivity index is 1.30. The minimum absolute atomic E-state index is 0.140. The third-order valence-electron chi connectivity index (χ3n) is 7.76. The van der Waals surface area contributed by atoms with E-state index in [1.54, 1.807) is 0 Å². The van der Waals surface area contributed by atoms with E-state index in [-0.39, 0.29) is 6.04 Å². The summed E-state index contributed by atoms with van der Waals surface area (Å²) in [5.74, 6) is 1.21. The summed E-state index contributed by atoms with van der Waals surface area (Å²) in [4.78, 5) is 18.1. The zero-order valence-electron chi connectivity index (χ0n) is 21.4. The third-order valence-corrected chi connectivity index (χ3v) is 7.76. The average Bonchev–Trinajstić information content (AvgIpc) is 3.60. The van der Waals surface area contributed by atoms with Crippen molar-refractivity contribution in [1.82, 2.24) is 19.5 Å². The molecule has 1 aliphatic heterocycles. The highest BCUT2D eigenvalue weighted by atomic mass is 19.4. The second-order valence-corrected chi connectivity index (χ2v) is 10.2. The van der Waals surface area contributed by atoms with Crippen LogP contribution in [0.3, 0.4) is 0 Å². The molecular weight excluding hydrogens is 534 g/mol. The van der Waals surface area contributed by atoms with Crippen molar-refractivity contribution in [3.63, 3.8) is 0 Å². The van der Waals surface area contributed by atoms with E-state index in [9.17, 15) is 26.3 Å². The normalized spacial score (nSPS) is 17.2. The number of halogens is 6. The minimum atomic E-state index is -4.43. The number of piperazine rings is 1. The number of benzene rings is 2. The first-order chi connectivity index (χ1) is 19.1. The number of alkyl halides is 6. The maximum absolute atomic E-state index is 13.2. The van der Waals surface area contributed by atoms with E-state index >= 15 is 0 Å². The van der Waals surface area contributed by atoms with Gasteiger partial charge in [0.05, 0.1) is 11.1 Å². The van der Waals surface area contributed by atoms with Crippen molar-refractivity contribution >= 4 is 22.7 Å². The molecule has 6 rings (SSSR count). The molecule has 3 heterocycles. The fourth-order valence-corrected chi connectivity index (χ4v) is 5.69. The number of anilines is 2. The van der Waals surface area contributed by atoms with Gasteiger partial charge in [-0.25, -0.2) is 15.0 Å². The topological polar surface area (TPSA) is 50.1 Å². The molecule has 6 nitrogen and oxygen atoms in total. The van der Waals surface area contributed by atoms with Gasteiger partial charge in [-0.1, -0.05) is 25.0 Å². The molecule has 2 aliphatic rings. The van der Waals surface area contributed by atoms with E-state index in [0.29, 0.717) is 54.5 Å². The predicted molar refractivity (Wildman–Crippen MR) is 139 cm³/mol. The van der Waals surface area contributed by atoms with E-state index in [0.717, 1.165) is 55.6 Å². The molecule has 0 atom stereocenters. The van der Waals surface area contributed by atoms with Gasteiger partial charge in [0.25, 0.3) is 0 Å². The van der Waals surface area contributed by atoms with Crippen LogP contribution in [0.15, 0.2) is 54.9 Å². The second-order valence-electron chi connectivity index (χ2n) is 10.2. The lowest BCUT2D eigenvalue weighted by Gasteiger charge is -2.36. The van der Waals surface area contributed by atoms with Crippen molar-refractivity contribution in [2.24, 2.45) is 0 Å². The standard InChI is InChI=1S/C28H26F6N6/c29-27(30,31)19-7-5-18(6-8-19)24-37-23-25(35-17-36-26(23)40(24)22-3-1-2-4-22)39-15-13-38(14-16-39)21-11-9-20(10-12-21)28(32,33)34/h5-12,17,22H,1-4,13-16H2. The van der Waals surface area contributed by atoms with Crippen molar-refractivity contribution < 1.29 is 26.3 Å². The zero-order valence-corrected chi connectivity index (χ0v) is 21.4. The Bertz CT molecular complexity index is 1480. The zero-order chi connectivity index (χ0) is 28.1. The molecule has 210 valence electrons. The fourth-order valence-electron chi connectivity index (χ4n) is 5.69. The summed E-state index contributed by atoms with van der Waals surface area (Å²) in [6, 6.07) is 10.3. The lowest BCUT2D eigenvalue weighted by molar-refractivity contribution is -0.138. The molecule has 12 heteroatoms. The molecular formula is C28H26F6N6. The molecule has 4 aromatic rings. The maximum atomic E-state index is 13.2. The molecule has 0 spiro atoms. The Labute approximate surface area is 226 Å². The van der Waals surface area contributed by atoms with Gasteiger partial charge in [-0.15, -0.1) is 0 Å². The highest BCUT2D eigenvalue weighted by Crippen LogP contribution is 2.39. The van der Waals surface area contributed by atoms with Crippen molar-refractivity contribution in [3.05, 3.63) is 66.0 Å². The van der Waals surface area contributed by atoms with Crippen LogP contribution >= 0.6 is 0 Å². The molecule has 0 bridgehead atoms. The summed E-state index contributed by atoms with van der Waals surface area (Å²) in [5, 5.41) is 0. The van der Waals surface area contributed by atoms with Crippen molar-refractivity contribution in [2.45, 2.75) is 44.1 Å². The van der Waals surface area contributed by atoms with Gasteiger partial charge in [-0.3, -0.25) is 0 Å². The Kier molecular flexibility index (Phi) is 6.58. The first-order valence-electron chi connectivity index (χ1n) is 13.2. The minimum Gasteiger partial charge on any atom is -0.368 e. The summed E-state index contributed by atoms with van der Waals surface area (Å²) >= 11 is 0. The number of nitrogens with zero attached hydrogens (tertiary/aromatic N) is 6. The Morgan fingerprint density at radius 1 is 0.675 bits per heavy atom. The lowest BCUT2D eigenvalue weighted by atomic mass is 10.1. The summed E-state index contributed by atoms with van der Waals surface area (Å²) in [5.41, 5.74) is 1.14.